The number of nitrogens with zero attached hydrogens (tertiary/aromatic N) is 8. The van der Waals surface area contributed by atoms with E-state index in [1.54, 1.807) is 6.08 Å². The highest BCUT2D eigenvalue weighted by atomic mass is 32.3. The first-order chi connectivity index (χ1) is 16.9. The Balaban J connectivity index is 0.000000678. The zero-order valence-corrected chi connectivity index (χ0v) is 22.4. The molecule has 1 aliphatic heterocycles. The molecule has 1 saturated heterocycles. The molecule has 3 rings (SSSR count). The van der Waals surface area contributed by atoms with Crippen molar-refractivity contribution >= 4 is 50.1 Å². The maximum Gasteiger partial charge on any atom is 0.232 e. The number of azo groups is 1. The van der Waals surface area contributed by atoms with Crippen molar-refractivity contribution in [1.29, 1.82) is 10.5 Å². The van der Waals surface area contributed by atoms with E-state index in [-0.39, 0.29) is 5.57 Å². The predicted octanol–water partition coefficient (Wildman–Crippen LogP) is 3.04. The lowest BCUT2D eigenvalue weighted by Gasteiger charge is -2.39. The molecular formula is C22H28N8O4S2. The van der Waals surface area contributed by atoms with Crippen LogP contribution < -0.4 is 9.80 Å². The van der Waals surface area contributed by atoms with Crippen LogP contribution in [0.1, 0.15) is 4.88 Å². The number of allylic oxidation sites excluding steroid dienone is 1. The van der Waals surface area contributed by atoms with Gasteiger partial charge in [0.15, 0.2) is 0 Å². The fourth-order valence-electron chi connectivity index (χ4n) is 3.03. The standard InChI is InChI=1S/C21H25N8S.CH4O4S/c1-27(2)18-7-5-17(6-8-18)25-26-21-24-20(19(30-21)13-16(14-22)15-23)28-9-11-29(3,4)12-10-28;1-5-6(2,3)4/h5-8,13H,9-12H2,1-4H3;1H3,(H,2,3,4)/q+1;/p-1/b26-25+;. The number of hydrogen-bond acceptors (Lipinski definition) is 12. The predicted molar refractivity (Wildman–Crippen MR) is 137 cm³/mol. The molecule has 0 atom stereocenters. The number of quaternary nitrogens is 1. The number of thiazole rings is 1. The van der Waals surface area contributed by atoms with Crippen molar-refractivity contribution in [2.75, 3.05) is 71.3 Å². The molecule has 1 aromatic carbocycles. The molecule has 2 aromatic rings. The first-order valence-corrected chi connectivity index (χ1v) is 12.8. The Hall–Kier alpha value is -3.40. The second-order valence-electron chi connectivity index (χ2n) is 8.52. The zero-order valence-electron chi connectivity index (χ0n) is 20.7. The smallest absolute Gasteiger partial charge is 0.232 e. The minimum Gasteiger partial charge on any atom is -0.726 e. The largest absolute Gasteiger partial charge is 0.726 e. The number of likely N-dealkylation sites (N-methyl/N-ethyl adjacent to an activating group) is 1. The maximum absolute atomic E-state index is 9.22. The number of anilines is 2. The molecule has 1 fully saturated rings. The lowest BCUT2D eigenvalue weighted by atomic mass is 10.2. The summed E-state index contributed by atoms with van der Waals surface area (Å²) >= 11 is 1.33. The highest BCUT2D eigenvalue weighted by molar-refractivity contribution is 7.80. The van der Waals surface area contributed by atoms with Gasteiger partial charge in [-0.1, -0.05) is 11.3 Å². The SMILES string of the molecule is CN(C)c1ccc(/N=N/c2nc(N3CC[N+](C)(C)CC3)c(C=C(C#N)C#N)s2)cc1.COS(=O)(=O)[O-]. The van der Waals surface area contributed by atoms with Crippen LogP contribution in [0, 0.1) is 22.7 Å². The van der Waals surface area contributed by atoms with Gasteiger partial charge in [0.1, 0.15) is 23.5 Å². The molecule has 0 unspecified atom stereocenters. The summed E-state index contributed by atoms with van der Waals surface area (Å²) in [5, 5.41) is 27.4. The van der Waals surface area contributed by atoms with Crippen LogP contribution in [-0.4, -0.2) is 83.9 Å². The highest BCUT2D eigenvalue weighted by Gasteiger charge is 2.27. The van der Waals surface area contributed by atoms with E-state index in [4.69, 9.17) is 10.5 Å². The third-order valence-electron chi connectivity index (χ3n) is 5.21. The van der Waals surface area contributed by atoms with Gasteiger partial charge >= 0.3 is 0 Å². The second kappa shape index (κ2) is 12.5. The summed E-state index contributed by atoms with van der Waals surface area (Å²) in [7, 11) is 4.79. The summed E-state index contributed by atoms with van der Waals surface area (Å²) in [6.45, 7) is 3.71. The molecule has 0 radical (unpaired) electrons. The Labute approximate surface area is 215 Å². The molecule has 36 heavy (non-hydrogen) atoms. The average Bonchev–Trinajstić information content (AvgIpc) is 3.24. The minimum atomic E-state index is -4.41. The Morgan fingerprint density at radius 3 is 2.22 bits per heavy atom. The molecule has 192 valence electrons. The van der Waals surface area contributed by atoms with Crippen LogP contribution in [0.2, 0.25) is 0 Å². The van der Waals surface area contributed by atoms with E-state index in [9.17, 15) is 13.0 Å². The monoisotopic (exact) mass is 532 g/mol. The van der Waals surface area contributed by atoms with Crippen LogP contribution in [0.4, 0.5) is 22.3 Å². The lowest BCUT2D eigenvalue weighted by molar-refractivity contribution is -0.890. The highest BCUT2D eigenvalue weighted by Crippen LogP contribution is 2.35. The molecule has 0 N–H and O–H groups in total. The number of rotatable bonds is 6. The van der Waals surface area contributed by atoms with E-state index >= 15 is 0 Å². The number of piperazine rings is 1. The van der Waals surface area contributed by atoms with Crippen molar-refractivity contribution in [2.24, 2.45) is 10.2 Å². The van der Waals surface area contributed by atoms with Gasteiger partial charge in [-0.3, -0.25) is 4.18 Å². The van der Waals surface area contributed by atoms with Crippen molar-refractivity contribution < 1.29 is 21.6 Å². The van der Waals surface area contributed by atoms with Crippen LogP contribution in [-0.2, 0) is 14.6 Å². The maximum atomic E-state index is 9.22. The zero-order chi connectivity index (χ0) is 26.9. The Bertz CT molecular complexity index is 1260. The van der Waals surface area contributed by atoms with E-state index < -0.39 is 10.4 Å². The summed E-state index contributed by atoms with van der Waals surface area (Å²) < 4.78 is 32.0. The molecule has 0 bridgehead atoms. The molecule has 1 aromatic heterocycles. The third-order valence-corrected chi connectivity index (χ3v) is 6.49. The second-order valence-corrected chi connectivity index (χ2v) is 10.7. The van der Waals surface area contributed by atoms with Crippen molar-refractivity contribution in [2.45, 2.75) is 0 Å². The van der Waals surface area contributed by atoms with Crippen LogP contribution in [0.3, 0.4) is 0 Å². The first-order valence-electron chi connectivity index (χ1n) is 10.7. The number of aromatic nitrogens is 1. The van der Waals surface area contributed by atoms with Gasteiger partial charge in [0, 0.05) is 19.8 Å². The first kappa shape index (κ1) is 28.8. The summed E-state index contributed by atoms with van der Waals surface area (Å²) in [6, 6.07) is 11.6. The van der Waals surface area contributed by atoms with E-state index in [0.29, 0.717) is 5.13 Å². The van der Waals surface area contributed by atoms with Crippen molar-refractivity contribution in [3.63, 3.8) is 0 Å². The van der Waals surface area contributed by atoms with Gasteiger partial charge in [-0.2, -0.15) is 15.5 Å². The van der Waals surface area contributed by atoms with Crippen molar-refractivity contribution in [3.8, 4) is 12.1 Å². The van der Waals surface area contributed by atoms with E-state index in [0.717, 1.165) is 59.8 Å². The van der Waals surface area contributed by atoms with Crippen LogP contribution in [0.25, 0.3) is 6.08 Å². The topological polar surface area (TPSA) is 158 Å². The summed E-state index contributed by atoms with van der Waals surface area (Å²) in [5.74, 6) is 0.764. The summed E-state index contributed by atoms with van der Waals surface area (Å²) in [5.41, 5.74) is 1.88. The molecule has 0 spiro atoms. The molecule has 0 saturated carbocycles. The van der Waals surface area contributed by atoms with E-state index in [2.05, 4.69) is 38.4 Å². The number of benzene rings is 1. The fourth-order valence-corrected chi connectivity index (χ4v) is 3.89. The normalized spacial score (nSPS) is 14.8. The van der Waals surface area contributed by atoms with Crippen molar-refractivity contribution in [1.82, 2.24) is 4.98 Å². The molecule has 12 nitrogen and oxygen atoms in total. The fraction of sp³-hybridized carbons (Fsp3) is 0.409. The molecule has 0 aliphatic carbocycles. The molecule has 14 heteroatoms. The molecule has 2 heterocycles. The van der Waals surface area contributed by atoms with Gasteiger partial charge in [-0.15, -0.1) is 10.2 Å². The molecular weight excluding hydrogens is 504 g/mol. The third kappa shape index (κ3) is 8.99. The Morgan fingerprint density at radius 2 is 1.75 bits per heavy atom. The van der Waals surface area contributed by atoms with Gasteiger partial charge in [0.2, 0.25) is 15.5 Å². The molecule has 0 amide bonds. The van der Waals surface area contributed by atoms with Gasteiger partial charge < -0.3 is 18.8 Å². The van der Waals surface area contributed by atoms with Gasteiger partial charge in [0.25, 0.3) is 0 Å². The van der Waals surface area contributed by atoms with E-state index in [1.165, 1.54) is 11.3 Å². The van der Waals surface area contributed by atoms with Gasteiger partial charge in [-0.25, -0.2) is 8.42 Å². The summed E-state index contributed by atoms with van der Waals surface area (Å²) in [6.07, 6.45) is 1.59. The minimum absolute atomic E-state index is 0.0517. The van der Waals surface area contributed by atoms with Crippen LogP contribution >= 0.6 is 11.3 Å². The number of nitriles is 2. The van der Waals surface area contributed by atoms with Crippen LogP contribution in [0.5, 0.6) is 0 Å². The van der Waals surface area contributed by atoms with E-state index in [1.807, 2.05) is 55.4 Å². The van der Waals surface area contributed by atoms with Crippen LogP contribution in [0.15, 0.2) is 40.1 Å². The Kier molecular flexibility index (Phi) is 10.0. The summed E-state index contributed by atoms with van der Waals surface area (Å²) in [4.78, 5) is 9.65. The lowest BCUT2D eigenvalue weighted by Crippen LogP contribution is -2.55. The van der Waals surface area contributed by atoms with Gasteiger partial charge in [-0.05, 0) is 30.3 Å². The van der Waals surface area contributed by atoms with Crippen molar-refractivity contribution in [3.05, 3.63) is 34.7 Å². The quantitative estimate of drug-likeness (QED) is 0.179. The average molecular weight is 533 g/mol. The number of hydrogen-bond donors (Lipinski definition) is 0. The van der Waals surface area contributed by atoms with Gasteiger partial charge in [0.05, 0.1) is 57.9 Å². The Morgan fingerprint density at radius 1 is 1.19 bits per heavy atom. The molecule has 1 aliphatic rings.